The minimum absolute atomic E-state index is 0.0566. The molecule has 1 aliphatic rings. The van der Waals surface area contributed by atoms with Crippen molar-refractivity contribution in [2.75, 3.05) is 30.9 Å². The molecule has 1 atom stereocenters. The number of anilines is 1. The first-order valence-corrected chi connectivity index (χ1v) is 12.0. The SMILES string of the molecule is CCc1ccc2nc(N(CC3CCCO3)C(=O)CSc3ccc(OC)cc3)sc2c1. The van der Waals surface area contributed by atoms with Crippen molar-refractivity contribution in [1.29, 1.82) is 0 Å². The molecular formula is C23H26N2O3S2. The smallest absolute Gasteiger partial charge is 0.239 e. The van der Waals surface area contributed by atoms with Crippen molar-refractivity contribution in [2.24, 2.45) is 0 Å². The Labute approximate surface area is 185 Å². The molecule has 5 nitrogen and oxygen atoms in total. The Kier molecular flexibility index (Phi) is 6.92. The van der Waals surface area contributed by atoms with Crippen LogP contribution >= 0.6 is 23.1 Å². The van der Waals surface area contributed by atoms with Crippen molar-refractivity contribution in [3.8, 4) is 5.75 Å². The molecule has 0 N–H and O–H groups in total. The lowest BCUT2D eigenvalue weighted by Crippen LogP contribution is -2.38. The van der Waals surface area contributed by atoms with E-state index in [-0.39, 0.29) is 12.0 Å². The Morgan fingerprint density at radius 1 is 1.30 bits per heavy atom. The first kappa shape index (κ1) is 21.2. The lowest BCUT2D eigenvalue weighted by Gasteiger charge is -2.23. The third-order valence-corrected chi connectivity index (χ3v) is 7.25. The van der Waals surface area contributed by atoms with E-state index in [1.54, 1.807) is 18.4 Å². The van der Waals surface area contributed by atoms with Crippen LogP contribution in [-0.2, 0) is 16.0 Å². The number of thioether (sulfide) groups is 1. The second-order valence-corrected chi connectivity index (χ2v) is 9.31. The summed E-state index contributed by atoms with van der Waals surface area (Å²) >= 11 is 3.12. The Morgan fingerprint density at radius 2 is 2.13 bits per heavy atom. The fraction of sp³-hybridized carbons (Fsp3) is 0.391. The molecule has 7 heteroatoms. The van der Waals surface area contributed by atoms with Gasteiger partial charge in [0.25, 0.3) is 0 Å². The van der Waals surface area contributed by atoms with Crippen molar-refractivity contribution in [2.45, 2.75) is 37.2 Å². The largest absolute Gasteiger partial charge is 0.497 e. The van der Waals surface area contributed by atoms with E-state index in [0.29, 0.717) is 12.3 Å². The van der Waals surface area contributed by atoms with Crippen LogP contribution in [0.15, 0.2) is 47.4 Å². The first-order valence-electron chi connectivity index (χ1n) is 10.2. The van der Waals surface area contributed by atoms with Crippen molar-refractivity contribution in [3.05, 3.63) is 48.0 Å². The molecule has 0 spiro atoms. The highest BCUT2D eigenvalue weighted by Crippen LogP contribution is 2.32. The van der Waals surface area contributed by atoms with E-state index in [2.05, 4.69) is 25.1 Å². The minimum atomic E-state index is 0.0566. The normalized spacial score (nSPS) is 16.1. The average Bonchev–Trinajstić information content (AvgIpc) is 3.45. The number of carbonyl (C=O) groups is 1. The van der Waals surface area contributed by atoms with E-state index in [1.807, 2.05) is 29.2 Å². The van der Waals surface area contributed by atoms with Crippen LogP contribution in [0.4, 0.5) is 5.13 Å². The van der Waals surface area contributed by atoms with E-state index in [1.165, 1.54) is 17.3 Å². The second-order valence-electron chi connectivity index (χ2n) is 7.26. The number of nitrogens with zero attached hydrogens (tertiary/aromatic N) is 2. The summed E-state index contributed by atoms with van der Waals surface area (Å²) in [5, 5.41) is 0.758. The number of ether oxygens (including phenoxy) is 2. The zero-order chi connectivity index (χ0) is 20.9. The van der Waals surface area contributed by atoms with Gasteiger partial charge in [-0.25, -0.2) is 4.98 Å². The van der Waals surface area contributed by atoms with Crippen LogP contribution < -0.4 is 9.64 Å². The summed E-state index contributed by atoms with van der Waals surface area (Å²) in [6.07, 6.45) is 3.10. The van der Waals surface area contributed by atoms with Crippen LogP contribution in [0.5, 0.6) is 5.75 Å². The zero-order valence-corrected chi connectivity index (χ0v) is 18.9. The number of benzene rings is 2. The number of hydrogen-bond donors (Lipinski definition) is 0. The van der Waals surface area contributed by atoms with Gasteiger partial charge in [-0.05, 0) is 61.2 Å². The Balaban J connectivity index is 1.53. The molecule has 158 valence electrons. The standard InChI is InChI=1S/C23H26N2O3S2/c1-3-16-6-11-20-21(13-16)30-23(24-20)25(14-18-5-4-12-28-18)22(26)15-29-19-9-7-17(27-2)8-10-19/h6-11,13,18H,3-5,12,14-15H2,1-2H3. The van der Waals surface area contributed by atoms with E-state index >= 15 is 0 Å². The fourth-order valence-corrected chi connectivity index (χ4v) is 5.30. The number of thiazole rings is 1. The van der Waals surface area contributed by atoms with Crippen LogP contribution in [0.25, 0.3) is 10.2 Å². The third kappa shape index (κ3) is 4.96. The Hall–Kier alpha value is -2.09. The van der Waals surface area contributed by atoms with E-state index < -0.39 is 0 Å². The number of aryl methyl sites for hydroxylation is 1. The number of amides is 1. The van der Waals surface area contributed by atoms with Gasteiger partial charge in [-0.2, -0.15) is 0 Å². The molecular weight excluding hydrogens is 416 g/mol. The van der Waals surface area contributed by atoms with Gasteiger partial charge >= 0.3 is 0 Å². The molecule has 0 aliphatic carbocycles. The van der Waals surface area contributed by atoms with Crippen LogP contribution in [0.1, 0.15) is 25.3 Å². The second kappa shape index (κ2) is 9.81. The predicted molar refractivity (Wildman–Crippen MR) is 124 cm³/mol. The first-order chi connectivity index (χ1) is 14.7. The summed E-state index contributed by atoms with van der Waals surface area (Å²) in [7, 11) is 1.65. The maximum absolute atomic E-state index is 13.2. The summed E-state index contributed by atoms with van der Waals surface area (Å²) in [6, 6.07) is 14.1. The topological polar surface area (TPSA) is 51.7 Å². The summed E-state index contributed by atoms with van der Waals surface area (Å²) in [6.45, 7) is 3.47. The van der Waals surface area contributed by atoms with Crippen molar-refractivity contribution < 1.29 is 14.3 Å². The number of methoxy groups -OCH3 is 1. The van der Waals surface area contributed by atoms with Crippen LogP contribution in [0.2, 0.25) is 0 Å². The van der Waals surface area contributed by atoms with Gasteiger partial charge in [0.2, 0.25) is 5.91 Å². The molecule has 1 amide bonds. The molecule has 0 saturated carbocycles. The Morgan fingerprint density at radius 3 is 2.83 bits per heavy atom. The molecule has 1 fully saturated rings. The van der Waals surface area contributed by atoms with Gasteiger partial charge in [0.15, 0.2) is 5.13 Å². The summed E-state index contributed by atoms with van der Waals surface area (Å²) < 4.78 is 12.1. The molecule has 4 rings (SSSR count). The van der Waals surface area contributed by atoms with Gasteiger partial charge in [-0.15, -0.1) is 11.8 Å². The maximum Gasteiger partial charge on any atom is 0.239 e. The monoisotopic (exact) mass is 442 g/mol. The van der Waals surface area contributed by atoms with Crippen molar-refractivity contribution >= 4 is 44.4 Å². The third-order valence-electron chi connectivity index (χ3n) is 5.21. The van der Waals surface area contributed by atoms with Crippen molar-refractivity contribution in [3.63, 3.8) is 0 Å². The highest BCUT2D eigenvalue weighted by molar-refractivity contribution is 8.00. The van der Waals surface area contributed by atoms with Gasteiger partial charge < -0.3 is 9.47 Å². The van der Waals surface area contributed by atoms with Crippen LogP contribution in [-0.4, -0.2) is 43.0 Å². The van der Waals surface area contributed by atoms with Gasteiger partial charge in [-0.3, -0.25) is 9.69 Å². The molecule has 1 unspecified atom stereocenters. The van der Waals surface area contributed by atoms with E-state index in [0.717, 1.165) is 51.9 Å². The molecule has 1 saturated heterocycles. The van der Waals surface area contributed by atoms with Crippen LogP contribution in [0, 0.1) is 0 Å². The summed E-state index contributed by atoms with van der Waals surface area (Å²) in [5.41, 5.74) is 2.23. The molecule has 30 heavy (non-hydrogen) atoms. The highest BCUT2D eigenvalue weighted by atomic mass is 32.2. The highest BCUT2D eigenvalue weighted by Gasteiger charge is 2.26. The number of hydrogen-bond acceptors (Lipinski definition) is 6. The molecule has 1 aromatic heterocycles. The molecule has 3 aromatic rings. The number of rotatable bonds is 8. The van der Waals surface area contributed by atoms with Crippen LogP contribution in [0.3, 0.4) is 0 Å². The summed E-state index contributed by atoms with van der Waals surface area (Å²) in [4.78, 5) is 20.9. The molecule has 2 heterocycles. The molecule has 0 radical (unpaired) electrons. The summed E-state index contributed by atoms with van der Waals surface area (Å²) in [5.74, 6) is 1.22. The lowest BCUT2D eigenvalue weighted by molar-refractivity contribution is -0.116. The van der Waals surface area contributed by atoms with Gasteiger partial charge in [0.05, 0.1) is 35.7 Å². The van der Waals surface area contributed by atoms with Gasteiger partial charge in [0.1, 0.15) is 5.75 Å². The van der Waals surface area contributed by atoms with E-state index in [9.17, 15) is 4.79 Å². The van der Waals surface area contributed by atoms with Gasteiger partial charge in [-0.1, -0.05) is 24.3 Å². The molecule has 2 aromatic carbocycles. The number of carbonyl (C=O) groups excluding carboxylic acids is 1. The fourth-order valence-electron chi connectivity index (χ4n) is 3.47. The van der Waals surface area contributed by atoms with Crippen molar-refractivity contribution in [1.82, 2.24) is 4.98 Å². The Bertz CT molecular complexity index is 997. The number of aromatic nitrogens is 1. The lowest BCUT2D eigenvalue weighted by atomic mass is 10.2. The quantitative estimate of drug-likeness (QED) is 0.451. The molecule has 1 aliphatic heterocycles. The minimum Gasteiger partial charge on any atom is -0.497 e. The zero-order valence-electron chi connectivity index (χ0n) is 17.3. The maximum atomic E-state index is 13.2. The number of fused-ring (bicyclic) bond motifs is 1. The van der Waals surface area contributed by atoms with Gasteiger partial charge in [0, 0.05) is 11.5 Å². The molecule has 0 bridgehead atoms. The predicted octanol–water partition coefficient (Wildman–Crippen LogP) is 5.17. The van der Waals surface area contributed by atoms with E-state index in [4.69, 9.17) is 14.5 Å². The average molecular weight is 443 g/mol.